The van der Waals surface area contributed by atoms with Crippen LogP contribution in [0.5, 0.6) is 0 Å². The number of hydrogen-bond acceptors (Lipinski definition) is 4. The summed E-state index contributed by atoms with van der Waals surface area (Å²) < 4.78 is 1.08. The van der Waals surface area contributed by atoms with Crippen molar-refractivity contribution in [3.05, 3.63) is 70.5 Å². The van der Waals surface area contributed by atoms with E-state index in [1.807, 2.05) is 31.4 Å². The quantitative estimate of drug-likeness (QED) is 0.691. The third kappa shape index (κ3) is 6.72. The zero-order chi connectivity index (χ0) is 17.9. The van der Waals surface area contributed by atoms with E-state index in [-0.39, 0.29) is 0 Å². The normalized spacial score (nSPS) is 10.5. The zero-order valence-corrected chi connectivity index (χ0v) is 14.5. The monoisotopic (exact) mass is 392 g/mol. The van der Waals surface area contributed by atoms with Crippen molar-refractivity contribution in [2.45, 2.75) is 0 Å². The number of nitrogens with one attached hydrogen (secondary N) is 1. The Hall–Kier alpha value is -2.51. The van der Waals surface area contributed by atoms with E-state index >= 15 is 0 Å². The van der Waals surface area contributed by atoms with Crippen molar-refractivity contribution in [2.75, 3.05) is 13.6 Å². The molecule has 7 heteroatoms. The minimum absolute atomic E-state index is 0.830. The lowest BCUT2D eigenvalue weighted by Gasteiger charge is -2.08. The SMILES string of the molecule is CNC/C=C(\c1cccnc1)c1cccc(Br)c1.O=C(O)C(=O)O. The summed E-state index contributed by atoms with van der Waals surface area (Å²) in [5, 5.41) is 17.9. The van der Waals surface area contributed by atoms with E-state index in [1.165, 1.54) is 11.1 Å². The lowest BCUT2D eigenvalue weighted by Crippen LogP contribution is -2.09. The Morgan fingerprint density at radius 1 is 1.17 bits per heavy atom. The maximum atomic E-state index is 9.10. The predicted octanol–water partition coefficient (Wildman–Crippen LogP) is 2.65. The van der Waals surface area contributed by atoms with E-state index in [1.54, 1.807) is 6.20 Å². The van der Waals surface area contributed by atoms with Gasteiger partial charge in [0, 0.05) is 29.0 Å². The van der Waals surface area contributed by atoms with Crippen LogP contribution in [-0.2, 0) is 9.59 Å². The second kappa shape index (κ2) is 10.3. The fourth-order valence-electron chi connectivity index (χ4n) is 1.78. The van der Waals surface area contributed by atoms with Crippen molar-refractivity contribution in [1.82, 2.24) is 10.3 Å². The molecule has 6 nitrogen and oxygen atoms in total. The first kappa shape index (κ1) is 19.5. The number of halogens is 1. The van der Waals surface area contributed by atoms with Crippen LogP contribution >= 0.6 is 15.9 Å². The minimum atomic E-state index is -1.82. The molecule has 2 rings (SSSR count). The Labute approximate surface area is 148 Å². The second-order valence-corrected chi connectivity index (χ2v) is 5.45. The van der Waals surface area contributed by atoms with Crippen LogP contribution in [0.4, 0.5) is 0 Å². The van der Waals surface area contributed by atoms with Crippen LogP contribution in [0.25, 0.3) is 5.57 Å². The standard InChI is InChI=1S/C15H15BrN2.C2H2O4/c1-17-9-7-15(13-5-3-8-18-11-13)12-4-2-6-14(16)10-12;3-1(4)2(5)6/h2-8,10-11,17H,9H2,1H3;(H,3,4)(H,5,6)/b15-7-;. The van der Waals surface area contributed by atoms with Gasteiger partial charge in [0.1, 0.15) is 0 Å². The number of aromatic nitrogens is 1. The van der Waals surface area contributed by atoms with Crippen molar-refractivity contribution < 1.29 is 19.8 Å². The van der Waals surface area contributed by atoms with Crippen LogP contribution in [0, 0.1) is 0 Å². The summed E-state index contributed by atoms with van der Waals surface area (Å²) >= 11 is 3.51. The maximum absolute atomic E-state index is 9.10. The predicted molar refractivity (Wildman–Crippen MR) is 94.7 cm³/mol. The van der Waals surface area contributed by atoms with E-state index < -0.39 is 11.9 Å². The second-order valence-electron chi connectivity index (χ2n) is 4.54. The van der Waals surface area contributed by atoms with Crippen molar-refractivity contribution >= 4 is 33.4 Å². The summed E-state index contributed by atoms with van der Waals surface area (Å²) in [7, 11) is 1.94. The van der Waals surface area contributed by atoms with Crippen LogP contribution in [0.2, 0.25) is 0 Å². The molecular weight excluding hydrogens is 376 g/mol. The molecule has 0 aliphatic heterocycles. The Bertz CT molecular complexity index is 706. The molecule has 0 fully saturated rings. The molecule has 0 unspecified atom stereocenters. The van der Waals surface area contributed by atoms with Gasteiger partial charge in [0.25, 0.3) is 0 Å². The van der Waals surface area contributed by atoms with Gasteiger partial charge in [-0.3, -0.25) is 4.98 Å². The Morgan fingerprint density at radius 2 is 1.83 bits per heavy atom. The molecule has 0 spiro atoms. The fraction of sp³-hybridized carbons (Fsp3) is 0.118. The van der Waals surface area contributed by atoms with Gasteiger partial charge in [-0.2, -0.15) is 0 Å². The lowest BCUT2D eigenvalue weighted by molar-refractivity contribution is -0.159. The first-order chi connectivity index (χ1) is 11.5. The summed E-state index contributed by atoms with van der Waals surface area (Å²) in [5.41, 5.74) is 3.51. The summed E-state index contributed by atoms with van der Waals surface area (Å²) in [6.45, 7) is 0.830. The van der Waals surface area contributed by atoms with Gasteiger partial charge in [0.15, 0.2) is 0 Å². The topological polar surface area (TPSA) is 99.5 Å². The summed E-state index contributed by atoms with van der Waals surface area (Å²) in [5.74, 6) is -3.65. The highest BCUT2D eigenvalue weighted by Crippen LogP contribution is 2.24. The van der Waals surface area contributed by atoms with E-state index in [4.69, 9.17) is 19.8 Å². The van der Waals surface area contributed by atoms with E-state index in [2.05, 4.69) is 50.5 Å². The third-order valence-corrected chi connectivity index (χ3v) is 3.29. The highest BCUT2D eigenvalue weighted by molar-refractivity contribution is 9.10. The smallest absolute Gasteiger partial charge is 0.414 e. The molecular formula is C17H17BrN2O4. The van der Waals surface area contributed by atoms with Gasteiger partial charge < -0.3 is 15.5 Å². The van der Waals surface area contributed by atoms with Crippen LogP contribution < -0.4 is 5.32 Å². The third-order valence-electron chi connectivity index (χ3n) is 2.80. The number of nitrogens with zero attached hydrogens (tertiary/aromatic N) is 1. The van der Waals surface area contributed by atoms with Gasteiger partial charge in [0.2, 0.25) is 0 Å². The molecule has 1 aromatic carbocycles. The van der Waals surface area contributed by atoms with Crippen LogP contribution in [0.1, 0.15) is 11.1 Å². The van der Waals surface area contributed by atoms with Crippen molar-refractivity contribution in [3.63, 3.8) is 0 Å². The molecule has 3 N–H and O–H groups in total. The Morgan fingerprint density at radius 3 is 2.33 bits per heavy atom. The van der Waals surface area contributed by atoms with Gasteiger partial charge in [-0.05, 0) is 36.4 Å². The molecule has 0 aliphatic carbocycles. The average Bonchev–Trinajstić information content (AvgIpc) is 2.57. The fourth-order valence-corrected chi connectivity index (χ4v) is 2.18. The number of carboxylic acid groups (broad SMARTS) is 2. The van der Waals surface area contributed by atoms with Crippen molar-refractivity contribution in [1.29, 1.82) is 0 Å². The number of carbonyl (C=O) groups is 2. The number of carboxylic acids is 2. The molecule has 0 aliphatic rings. The maximum Gasteiger partial charge on any atom is 0.414 e. The van der Waals surface area contributed by atoms with E-state index in [9.17, 15) is 0 Å². The largest absolute Gasteiger partial charge is 0.473 e. The first-order valence-corrected chi connectivity index (χ1v) is 7.72. The number of aliphatic carboxylic acids is 2. The van der Waals surface area contributed by atoms with Gasteiger partial charge in [-0.1, -0.05) is 40.2 Å². The van der Waals surface area contributed by atoms with Crippen molar-refractivity contribution in [2.24, 2.45) is 0 Å². The van der Waals surface area contributed by atoms with Gasteiger partial charge in [-0.15, -0.1) is 0 Å². The molecule has 0 bridgehead atoms. The Kier molecular flexibility index (Phi) is 8.38. The summed E-state index contributed by atoms with van der Waals surface area (Å²) in [6.07, 6.45) is 5.86. The molecule has 0 saturated heterocycles. The number of pyridine rings is 1. The molecule has 0 radical (unpaired) electrons. The zero-order valence-electron chi connectivity index (χ0n) is 12.9. The molecule has 126 valence electrons. The summed E-state index contributed by atoms with van der Waals surface area (Å²) in [4.78, 5) is 22.4. The Balaban J connectivity index is 0.000000413. The van der Waals surface area contributed by atoms with Gasteiger partial charge in [-0.25, -0.2) is 9.59 Å². The molecule has 0 amide bonds. The minimum Gasteiger partial charge on any atom is -0.473 e. The molecule has 0 saturated carbocycles. The first-order valence-electron chi connectivity index (χ1n) is 6.93. The number of likely N-dealkylation sites (N-methyl/N-ethyl adjacent to an activating group) is 1. The molecule has 0 atom stereocenters. The van der Waals surface area contributed by atoms with Crippen molar-refractivity contribution in [3.8, 4) is 0 Å². The highest BCUT2D eigenvalue weighted by atomic mass is 79.9. The molecule has 1 aromatic heterocycles. The number of hydrogen-bond donors (Lipinski definition) is 3. The lowest BCUT2D eigenvalue weighted by atomic mass is 9.99. The highest BCUT2D eigenvalue weighted by Gasteiger charge is 2.05. The molecule has 1 heterocycles. The number of benzene rings is 1. The van der Waals surface area contributed by atoms with Gasteiger partial charge in [0.05, 0.1) is 0 Å². The summed E-state index contributed by atoms with van der Waals surface area (Å²) in [6, 6.07) is 12.3. The van der Waals surface area contributed by atoms with Crippen LogP contribution in [-0.4, -0.2) is 40.7 Å². The average molecular weight is 393 g/mol. The van der Waals surface area contributed by atoms with Crippen LogP contribution in [0.3, 0.4) is 0 Å². The molecule has 2 aromatic rings. The van der Waals surface area contributed by atoms with E-state index in [0.29, 0.717) is 0 Å². The van der Waals surface area contributed by atoms with Crippen LogP contribution in [0.15, 0.2) is 59.3 Å². The molecule has 24 heavy (non-hydrogen) atoms. The van der Waals surface area contributed by atoms with E-state index in [0.717, 1.165) is 16.6 Å². The number of rotatable bonds is 4. The van der Waals surface area contributed by atoms with Gasteiger partial charge >= 0.3 is 11.9 Å².